The number of hydrogen-bond acceptors (Lipinski definition) is 4. The summed E-state index contributed by atoms with van der Waals surface area (Å²) in [6.07, 6.45) is 3.15. The molecule has 1 aromatic heterocycles. The quantitative estimate of drug-likeness (QED) is 0.931. The largest absolute Gasteiger partial charge is 0.340 e. The van der Waals surface area contributed by atoms with Gasteiger partial charge in [0.05, 0.1) is 0 Å². The molecule has 6 nitrogen and oxygen atoms in total. The topological polar surface area (TPSA) is 71.3 Å². The number of urea groups is 1. The first kappa shape index (κ1) is 16.1. The van der Waals surface area contributed by atoms with Crippen LogP contribution in [0.25, 0.3) is 0 Å². The predicted octanol–water partition coefficient (Wildman–Crippen LogP) is 3.17. The van der Waals surface area contributed by atoms with Gasteiger partial charge in [-0.05, 0) is 37.2 Å². The van der Waals surface area contributed by atoms with E-state index in [0.717, 1.165) is 43.7 Å². The van der Waals surface area contributed by atoms with Crippen LogP contribution >= 0.6 is 0 Å². The molecule has 6 heteroatoms. The second-order valence-electron chi connectivity index (χ2n) is 7.42. The second kappa shape index (κ2) is 6.17. The van der Waals surface area contributed by atoms with Crippen LogP contribution in [0.5, 0.6) is 0 Å². The highest BCUT2D eigenvalue weighted by Gasteiger charge is 2.57. The van der Waals surface area contributed by atoms with Crippen molar-refractivity contribution < 1.29 is 9.32 Å². The minimum Gasteiger partial charge on any atom is -0.340 e. The maximum Gasteiger partial charge on any atom is 0.317 e. The first-order valence-corrected chi connectivity index (χ1v) is 8.94. The van der Waals surface area contributed by atoms with Gasteiger partial charge >= 0.3 is 6.03 Å². The van der Waals surface area contributed by atoms with E-state index in [1.54, 1.807) is 0 Å². The van der Waals surface area contributed by atoms with Crippen LogP contribution in [0.1, 0.15) is 48.0 Å². The van der Waals surface area contributed by atoms with Gasteiger partial charge in [0.2, 0.25) is 5.89 Å². The summed E-state index contributed by atoms with van der Waals surface area (Å²) >= 11 is 0. The molecule has 0 bridgehead atoms. The number of hydrogen-bond donors (Lipinski definition) is 1. The Morgan fingerprint density at radius 2 is 2.00 bits per heavy atom. The molecule has 1 aliphatic carbocycles. The fourth-order valence-corrected chi connectivity index (χ4v) is 3.87. The SMILES string of the molecule is Cc1ccc(CNC(=O)N2CCC3(CC2)CC3c2noc(C)n2)cc1. The number of aryl methyl sites for hydroxylation is 2. The lowest BCUT2D eigenvalue weighted by atomic mass is 9.91. The fourth-order valence-electron chi connectivity index (χ4n) is 3.87. The molecule has 4 rings (SSSR count). The molecule has 2 aliphatic rings. The van der Waals surface area contributed by atoms with Crippen LogP contribution in [0.15, 0.2) is 28.8 Å². The van der Waals surface area contributed by atoms with E-state index in [0.29, 0.717) is 18.4 Å². The molecule has 2 heterocycles. The number of rotatable bonds is 3. The Labute approximate surface area is 147 Å². The number of amides is 2. The van der Waals surface area contributed by atoms with Gasteiger partial charge in [0, 0.05) is 32.5 Å². The van der Waals surface area contributed by atoms with E-state index < -0.39 is 0 Å². The molecular weight excluding hydrogens is 316 g/mol. The van der Waals surface area contributed by atoms with Crippen LogP contribution in [0.2, 0.25) is 0 Å². The molecule has 1 N–H and O–H groups in total. The number of nitrogens with zero attached hydrogens (tertiary/aromatic N) is 3. The molecule has 2 amide bonds. The molecule has 132 valence electrons. The molecular formula is C19H24N4O2. The summed E-state index contributed by atoms with van der Waals surface area (Å²) in [5, 5.41) is 7.10. The van der Waals surface area contributed by atoms with E-state index in [1.807, 2.05) is 11.8 Å². The van der Waals surface area contributed by atoms with E-state index in [1.165, 1.54) is 5.56 Å². The van der Waals surface area contributed by atoms with E-state index in [4.69, 9.17) is 4.52 Å². The Hall–Kier alpha value is -2.37. The maximum absolute atomic E-state index is 12.4. The van der Waals surface area contributed by atoms with Crippen molar-refractivity contribution in [3.63, 3.8) is 0 Å². The minimum absolute atomic E-state index is 0.0306. The third-order valence-corrected chi connectivity index (χ3v) is 5.66. The normalized spacial score (nSPS) is 21.4. The minimum atomic E-state index is 0.0306. The Balaban J connectivity index is 1.27. The van der Waals surface area contributed by atoms with Crippen molar-refractivity contribution in [2.75, 3.05) is 13.1 Å². The standard InChI is InChI=1S/C19H24N4O2/c1-13-3-5-15(6-4-13)12-20-18(24)23-9-7-19(8-10-23)11-16(19)17-21-14(2)25-22-17/h3-6,16H,7-12H2,1-2H3,(H,20,24). The van der Waals surface area contributed by atoms with Crippen LogP contribution in [0.3, 0.4) is 0 Å². The lowest BCUT2D eigenvalue weighted by Crippen LogP contribution is -2.44. The van der Waals surface area contributed by atoms with Gasteiger partial charge in [0.1, 0.15) is 0 Å². The average molecular weight is 340 g/mol. The molecule has 1 saturated carbocycles. The molecule has 1 spiro atoms. The average Bonchev–Trinajstić information content (AvgIpc) is 3.13. The zero-order valence-electron chi connectivity index (χ0n) is 14.8. The van der Waals surface area contributed by atoms with Crippen molar-refractivity contribution in [1.82, 2.24) is 20.4 Å². The van der Waals surface area contributed by atoms with Gasteiger partial charge in [0.25, 0.3) is 0 Å². The van der Waals surface area contributed by atoms with Crippen LogP contribution in [0.4, 0.5) is 4.79 Å². The van der Waals surface area contributed by atoms with Gasteiger partial charge in [-0.2, -0.15) is 4.98 Å². The number of likely N-dealkylation sites (tertiary alicyclic amines) is 1. The van der Waals surface area contributed by atoms with E-state index >= 15 is 0 Å². The van der Waals surface area contributed by atoms with Gasteiger partial charge in [-0.15, -0.1) is 0 Å². The van der Waals surface area contributed by atoms with Gasteiger partial charge in [-0.3, -0.25) is 0 Å². The fraction of sp³-hybridized carbons (Fsp3) is 0.526. The summed E-state index contributed by atoms with van der Waals surface area (Å²) in [6, 6.07) is 8.28. The van der Waals surface area contributed by atoms with E-state index in [9.17, 15) is 4.79 Å². The van der Waals surface area contributed by atoms with Crippen molar-refractivity contribution in [3.8, 4) is 0 Å². The van der Waals surface area contributed by atoms with Crippen LogP contribution in [-0.4, -0.2) is 34.2 Å². The highest BCUT2D eigenvalue weighted by Crippen LogP contribution is 2.64. The Bertz CT molecular complexity index is 760. The molecule has 2 aromatic rings. The molecule has 2 fully saturated rings. The number of nitrogens with one attached hydrogen (secondary N) is 1. The highest BCUT2D eigenvalue weighted by atomic mass is 16.5. The Morgan fingerprint density at radius 3 is 2.64 bits per heavy atom. The number of benzene rings is 1. The lowest BCUT2D eigenvalue weighted by Gasteiger charge is -2.32. The lowest BCUT2D eigenvalue weighted by molar-refractivity contribution is 0.162. The number of piperidine rings is 1. The molecule has 1 atom stereocenters. The molecule has 25 heavy (non-hydrogen) atoms. The first-order chi connectivity index (χ1) is 12.1. The smallest absolute Gasteiger partial charge is 0.317 e. The van der Waals surface area contributed by atoms with Gasteiger partial charge in [-0.25, -0.2) is 4.79 Å². The zero-order valence-corrected chi connectivity index (χ0v) is 14.8. The van der Waals surface area contributed by atoms with Crippen molar-refractivity contribution >= 4 is 6.03 Å². The summed E-state index contributed by atoms with van der Waals surface area (Å²) < 4.78 is 5.10. The first-order valence-electron chi connectivity index (χ1n) is 8.94. The van der Waals surface area contributed by atoms with Crippen LogP contribution < -0.4 is 5.32 Å². The van der Waals surface area contributed by atoms with E-state index in [-0.39, 0.29) is 11.4 Å². The maximum atomic E-state index is 12.4. The van der Waals surface area contributed by atoms with Crippen molar-refractivity contribution in [3.05, 3.63) is 47.1 Å². The van der Waals surface area contributed by atoms with Crippen molar-refractivity contribution in [1.29, 1.82) is 0 Å². The third-order valence-electron chi connectivity index (χ3n) is 5.66. The molecule has 1 saturated heterocycles. The van der Waals surface area contributed by atoms with Crippen LogP contribution in [-0.2, 0) is 6.54 Å². The molecule has 0 radical (unpaired) electrons. The number of carbonyl (C=O) groups excluding carboxylic acids is 1. The number of aromatic nitrogens is 2. The van der Waals surface area contributed by atoms with Gasteiger partial charge < -0.3 is 14.7 Å². The van der Waals surface area contributed by atoms with Crippen LogP contribution in [0, 0.1) is 19.3 Å². The molecule has 1 aromatic carbocycles. The van der Waals surface area contributed by atoms with Crippen molar-refractivity contribution in [2.24, 2.45) is 5.41 Å². The predicted molar refractivity (Wildman–Crippen MR) is 93.0 cm³/mol. The number of carbonyl (C=O) groups is 1. The third kappa shape index (κ3) is 3.25. The van der Waals surface area contributed by atoms with Gasteiger partial charge in [0.15, 0.2) is 5.82 Å². The summed E-state index contributed by atoms with van der Waals surface area (Å²) in [7, 11) is 0. The van der Waals surface area contributed by atoms with E-state index in [2.05, 4.69) is 46.6 Å². The Kier molecular flexibility index (Phi) is 3.98. The summed E-state index contributed by atoms with van der Waals surface area (Å²) in [4.78, 5) is 18.7. The zero-order chi connectivity index (χ0) is 17.4. The summed E-state index contributed by atoms with van der Waals surface area (Å²) in [6.45, 7) is 6.06. The highest BCUT2D eigenvalue weighted by molar-refractivity contribution is 5.74. The molecule has 1 unspecified atom stereocenters. The monoisotopic (exact) mass is 340 g/mol. The summed E-state index contributed by atoms with van der Waals surface area (Å²) in [5.74, 6) is 1.88. The molecule has 1 aliphatic heterocycles. The summed E-state index contributed by atoms with van der Waals surface area (Å²) in [5.41, 5.74) is 2.64. The van der Waals surface area contributed by atoms with Gasteiger partial charge in [-0.1, -0.05) is 35.0 Å². The second-order valence-corrected chi connectivity index (χ2v) is 7.42. The Morgan fingerprint density at radius 1 is 1.28 bits per heavy atom. The van der Waals surface area contributed by atoms with Crippen molar-refractivity contribution in [2.45, 2.75) is 45.6 Å².